The van der Waals surface area contributed by atoms with E-state index in [4.69, 9.17) is 0 Å². The van der Waals surface area contributed by atoms with E-state index in [0.717, 1.165) is 45.7 Å². The molecule has 0 radical (unpaired) electrons. The molecule has 1 amide bonds. The number of hydrogen-bond acceptors (Lipinski definition) is 3. The molecule has 2 aliphatic heterocycles. The van der Waals surface area contributed by atoms with Gasteiger partial charge in [-0.15, -0.1) is 0 Å². The van der Waals surface area contributed by atoms with Crippen LogP contribution in [0.3, 0.4) is 0 Å². The highest BCUT2D eigenvalue weighted by molar-refractivity contribution is 5.78. The minimum Gasteiger partial charge on any atom is -0.332 e. The highest BCUT2D eigenvalue weighted by Gasteiger charge is 2.18. The Kier molecular flexibility index (Phi) is 4.41. The summed E-state index contributed by atoms with van der Waals surface area (Å²) in [7, 11) is 2.15. The van der Waals surface area contributed by atoms with E-state index < -0.39 is 0 Å². The third-order valence-electron chi connectivity index (χ3n) is 3.46. The van der Waals surface area contributed by atoms with E-state index in [9.17, 15) is 4.79 Å². The normalized spacial score (nSPS) is 22.6. The Morgan fingerprint density at radius 2 is 1.76 bits per heavy atom. The zero-order valence-corrected chi connectivity index (χ0v) is 10.6. The third kappa shape index (κ3) is 3.72. The van der Waals surface area contributed by atoms with E-state index in [2.05, 4.69) is 28.7 Å². The van der Waals surface area contributed by atoms with Crippen LogP contribution in [0.2, 0.25) is 0 Å². The predicted octanol–water partition coefficient (Wildman–Crippen LogP) is -0.140. The van der Waals surface area contributed by atoms with Crippen LogP contribution in [-0.4, -0.2) is 73.5 Å². The molecule has 94 valence electrons. The van der Waals surface area contributed by atoms with Crippen molar-refractivity contribution in [1.29, 1.82) is 0 Å². The molecule has 2 saturated heterocycles. The van der Waals surface area contributed by atoms with Crippen LogP contribution in [0.25, 0.3) is 0 Å². The Bertz CT molecular complexity index is 323. The van der Waals surface area contributed by atoms with Gasteiger partial charge in [-0.3, -0.25) is 9.69 Å². The van der Waals surface area contributed by atoms with Gasteiger partial charge in [0.25, 0.3) is 0 Å². The summed E-state index contributed by atoms with van der Waals surface area (Å²) >= 11 is 0. The zero-order chi connectivity index (χ0) is 12.1. The van der Waals surface area contributed by atoms with E-state index in [1.165, 1.54) is 0 Å². The van der Waals surface area contributed by atoms with E-state index >= 15 is 0 Å². The van der Waals surface area contributed by atoms with Crippen molar-refractivity contribution < 1.29 is 4.79 Å². The molecule has 0 saturated carbocycles. The number of carbonyl (C=O) groups is 1. The van der Waals surface area contributed by atoms with Crippen molar-refractivity contribution in [3.05, 3.63) is 0 Å². The molecule has 2 aliphatic rings. The monoisotopic (exact) mass is 235 g/mol. The van der Waals surface area contributed by atoms with Gasteiger partial charge in [0.15, 0.2) is 0 Å². The highest BCUT2D eigenvalue weighted by Crippen LogP contribution is 2.07. The number of amides is 1. The lowest BCUT2D eigenvalue weighted by Crippen LogP contribution is -2.44. The summed E-state index contributed by atoms with van der Waals surface area (Å²) in [6, 6.07) is 0. The second kappa shape index (κ2) is 6.04. The molecule has 2 heterocycles. The Hall–Kier alpha value is -1.05. The van der Waals surface area contributed by atoms with E-state index in [1.54, 1.807) is 0 Å². The largest absolute Gasteiger partial charge is 0.332 e. The van der Waals surface area contributed by atoms with Crippen molar-refractivity contribution in [2.45, 2.75) is 12.8 Å². The average molecular weight is 235 g/mol. The topological polar surface area (TPSA) is 26.8 Å². The zero-order valence-electron chi connectivity index (χ0n) is 10.6. The van der Waals surface area contributed by atoms with Gasteiger partial charge >= 0.3 is 0 Å². The van der Waals surface area contributed by atoms with Gasteiger partial charge in [-0.2, -0.15) is 0 Å². The molecule has 0 spiro atoms. The molecule has 0 bridgehead atoms. The van der Waals surface area contributed by atoms with Gasteiger partial charge in [-0.1, -0.05) is 11.8 Å². The third-order valence-corrected chi connectivity index (χ3v) is 3.46. The van der Waals surface area contributed by atoms with Crippen LogP contribution in [0, 0.1) is 11.8 Å². The van der Waals surface area contributed by atoms with Gasteiger partial charge < -0.3 is 9.80 Å². The van der Waals surface area contributed by atoms with Crippen molar-refractivity contribution in [3.8, 4) is 11.8 Å². The first-order valence-electron chi connectivity index (χ1n) is 6.40. The van der Waals surface area contributed by atoms with Crippen molar-refractivity contribution >= 4 is 5.91 Å². The number of rotatable bonds is 2. The van der Waals surface area contributed by atoms with Crippen molar-refractivity contribution in [1.82, 2.24) is 14.7 Å². The Labute approximate surface area is 104 Å². The lowest BCUT2D eigenvalue weighted by Gasteiger charge is -2.30. The first-order chi connectivity index (χ1) is 8.25. The van der Waals surface area contributed by atoms with Crippen LogP contribution >= 0.6 is 0 Å². The van der Waals surface area contributed by atoms with Crippen LogP contribution in [0.4, 0.5) is 0 Å². The van der Waals surface area contributed by atoms with Crippen molar-refractivity contribution in [3.63, 3.8) is 0 Å². The number of nitrogens with zero attached hydrogens (tertiary/aromatic N) is 3. The van der Waals surface area contributed by atoms with E-state index in [-0.39, 0.29) is 5.91 Å². The Morgan fingerprint density at radius 3 is 2.41 bits per heavy atom. The Morgan fingerprint density at radius 1 is 1.06 bits per heavy atom. The van der Waals surface area contributed by atoms with Gasteiger partial charge in [0.05, 0.1) is 13.1 Å². The first kappa shape index (κ1) is 12.4. The molecule has 0 aliphatic carbocycles. The van der Waals surface area contributed by atoms with E-state index in [1.807, 2.05) is 4.90 Å². The number of piperazine rings is 1. The standard InChI is InChI=1S/C13H21N3O/c1-14-9-11-15(12-10-14)6-2-3-7-16-8-4-5-13(16)17/h4-12H2,1H3. The van der Waals surface area contributed by atoms with Gasteiger partial charge in [-0.05, 0) is 13.5 Å². The molecule has 4 nitrogen and oxygen atoms in total. The number of likely N-dealkylation sites (N-methyl/N-ethyl adjacent to an activating group) is 1. The lowest BCUT2D eigenvalue weighted by molar-refractivity contribution is -0.127. The Balaban J connectivity index is 1.66. The minimum atomic E-state index is 0.263. The summed E-state index contributed by atoms with van der Waals surface area (Å²) in [4.78, 5) is 17.9. The molecule has 0 N–H and O–H groups in total. The molecule has 0 aromatic carbocycles. The summed E-state index contributed by atoms with van der Waals surface area (Å²) in [6.07, 6.45) is 1.71. The quantitative estimate of drug-likeness (QED) is 0.623. The van der Waals surface area contributed by atoms with Gasteiger partial charge in [0.2, 0.25) is 5.91 Å². The fourth-order valence-electron chi connectivity index (χ4n) is 2.20. The van der Waals surface area contributed by atoms with E-state index in [0.29, 0.717) is 13.0 Å². The summed E-state index contributed by atoms with van der Waals surface area (Å²) in [6.45, 7) is 6.82. The van der Waals surface area contributed by atoms with Crippen LogP contribution in [0.15, 0.2) is 0 Å². The fourth-order valence-corrected chi connectivity index (χ4v) is 2.20. The van der Waals surface area contributed by atoms with Crippen LogP contribution in [0.1, 0.15) is 12.8 Å². The van der Waals surface area contributed by atoms with Crippen molar-refractivity contribution in [2.24, 2.45) is 0 Å². The molecule has 0 aromatic heterocycles. The number of hydrogen-bond donors (Lipinski definition) is 0. The van der Waals surface area contributed by atoms with Crippen LogP contribution < -0.4 is 0 Å². The molecule has 0 aromatic rings. The molecule has 17 heavy (non-hydrogen) atoms. The summed E-state index contributed by atoms with van der Waals surface area (Å²) in [5, 5.41) is 0. The van der Waals surface area contributed by atoms with Crippen LogP contribution in [0.5, 0.6) is 0 Å². The van der Waals surface area contributed by atoms with Crippen LogP contribution in [-0.2, 0) is 4.79 Å². The maximum Gasteiger partial charge on any atom is 0.223 e. The van der Waals surface area contributed by atoms with Gasteiger partial charge in [-0.25, -0.2) is 0 Å². The van der Waals surface area contributed by atoms with Crippen molar-refractivity contribution in [2.75, 3.05) is 52.9 Å². The maximum absolute atomic E-state index is 11.3. The second-order valence-corrected chi connectivity index (χ2v) is 4.85. The average Bonchev–Trinajstić information content (AvgIpc) is 2.73. The lowest BCUT2D eigenvalue weighted by atomic mass is 10.3. The molecule has 2 fully saturated rings. The second-order valence-electron chi connectivity index (χ2n) is 4.85. The fraction of sp³-hybridized carbons (Fsp3) is 0.769. The molecule has 4 heteroatoms. The SMILES string of the molecule is CN1CCN(CC#CCN2CCCC2=O)CC1. The predicted molar refractivity (Wildman–Crippen MR) is 67.5 cm³/mol. The molecule has 0 atom stereocenters. The molecular weight excluding hydrogens is 214 g/mol. The molecular formula is C13H21N3O. The minimum absolute atomic E-state index is 0.263. The molecule has 2 rings (SSSR count). The summed E-state index contributed by atoms with van der Waals surface area (Å²) in [5.74, 6) is 6.56. The van der Waals surface area contributed by atoms with Gasteiger partial charge in [0, 0.05) is 39.1 Å². The summed E-state index contributed by atoms with van der Waals surface area (Å²) in [5.41, 5.74) is 0. The van der Waals surface area contributed by atoms with Gasteiger partial charge in [0.1, 0.15) is 0 Å². The molecule has 0 unspecified atom stereocenters. The number of likely N-dealkylation sites (tertiary alicyclic amines) is 1. The summed E-state index contributed by atoms with van der Waals surface area (Å²) < 4.78 is 0. The highest BCUT2D eigenvalue weighted by atomic mass is 16.2. The number of carbonyl (C=O) groups excluding carboxylic acids is 1. The maximum atomic E-state index is 11.3. The smallest absolute Gasteiger partial charge is 0.223 e. The first-order valence-corrected chi connectivity index (χ1v) is 6.40.